The standard InChI is InChI=1S/C17H25NO4/c1-11(2)9-14(17(20)21)18-16(19)10-12(3)13-7-5-6-8-15(13)22-4/h5-8,11-12,14H,9-10H2,1-4H3,(H,18,19)(H,20,21). The fourth-order valence-electron chi connectivity index (χ4n) is 2.41. The summed E-state index contributed by atoms with van der Waals surface area (Å²) in [7, 11) is 1.59. The van der Waals surface area contributed by atoms with Gasteiger partial charge in [0.2, 0.25) is 5.91 Å². The maximum atomic E-state index is 12.1. The number of hydrogen-bond donors (Lipinski definition) is 2. The molecule has 0 bridgehead atoms. The fraction of sp³-hybridized carbons (Fsp3) is 0.529. The van der Waals surface area contributed by atoms with E-state index < -0.39 is 12.0 Å². The maximum absolute atomic E-state index is 12.1. The number of carboxylic acids is 1. The molecule has 2 N–H and O–H groups in total. The number of benzene rings is 1. The van der Waals surface area contributed by atoms with Crippen LogP contribution in [0.5, 0.6) is 5.75 Å². The Balaban J connectivity index is 2.69. The van der Waals surface area contributed by atoms with Crippen LogP contribution in [-0.2, 0) is 9.59 Å². The molecule has 0 aromatic heterocycles. The molecule has 122 valence electrons. The van der Waals surface area contributed by atoms with Gasteiger partial charge in [0, 0.05) is 6.42 Å². The van der Waals surface area contributed by atoms with Gasteiger partial charge in [0.1, 0.15) is 11.8 Å². The molecule has 1 amide bonds. The van der Waals surface area contributed by atoms with Gasteiger partial charge < -0.3 is 15.2 Å². The van der Waals surface area contributed by atoms with Crippen molar-refractivity contribution in [2.45, 2.75) is 45.6 Å². The Labute approximate surface area is 131 Å². The first-order valence-electron chi connectivity index (χ1n) is 7.50. The van der Waals surface area contributed by atoms with E-state index in [9.17, 15) is 9.59 Å². The van der Waals surface area contributed by atoms with Crippen molar-refractivity contribution in [3.63, 3.8) is 0 Å². The summed E-state index contributed by atoms with van der Waals surface area (Å²) in [5.74, 6) is -0.365. The van der Waals surface area contributed by atoms with Gasteiger partial charge in [-0.1, -0.05) is 39.0 Å². The highest BCUT2D eigenvalue weighted by molar-refractivity contribution is 5.84. The zero-order valence-corrected chi connectivity index (χ0v) is 13.6. The number of hydrogen-bond acceptors (Lipinski definition) is 3. The Kier molecular flexibility index (Phi) is 6.89. The summed E-state index contributed by atoms with van der Waals surface area (Å²) in [6, 6.07) is 6.70. The first-order chi connectivity index (χ1) is 10.3. The van der Waals surface area contributed by atoms with Crippen molar-refractivity contribution in [2.75, 3.05) is 7.11 Å². The van der Waals surface area contributed by atoms with Crippen LogP contribution in [0.2, 0.25) is 0 Å². The number of carbonyl (C=O) groups excluding carboxylic acids is 1. The zero-order chi connectivity index (χ0) is 16.7. The van der Waals surface area contributed by atoms with Gasteiger partial charge in [0.25, 0.3) is 0 Å². The quantitative estimate of drug-likeness (QED) is 0.774. The van der Waals surface area contributed by atoms with Crippen molar-refractivity contribution in [1.29, 1.82) is 0 Å². The van der Waals surface area contributed by atoms with Crippen molar-refractivity contribution in [2.24, 2.45) is 5.92 Å². The normalized spacial score (nSPS) is 13.5. The molecule has 0 fully saturated rings. The van der Waals surface area contributed by atoms with Gasteiger partial charge in [-0.25, -0.2) is 4.79 Å². The van der Waals surface area contributed by atoms with E-state index in [1.54, 1.807) is 7.11 Å². The summed E-state index contributed by atoms with van der Waals surface area (Å²) in [6.45, 7) is 5.79. The Bertz CT molecular complexity index is 513. The lowest BCUT2D eigenvalue weighted by molar-refractivity contribution is -0.142. The maximum Gasteiger partial charge on any atom is 0.326 e. The summed E-state index contributed by atoms with van der Waals surface area (Å²) < 4.78 is 5.29. The molecule has 0 heterocycles. The number of carboxylic acid groups (broad SMARTS) is 1. The second-order valence-electron chi connectivity index (χ2n) is 5.94. The van der Waals surface area contributed by atoms with Crippen LogP contribution in [-0.4, -0.2) is 30.1 Å². The second kappa shape index (κ2) is 8.41. The minimum absolute atomic E-state index is 0.0513. The third-order valence-corrected chi connectivity index (χ3v) is 3.50. The Morgan fingerprint density at radius 2 is 1.86 bits per heavy atom. The SMILES string of the molecule is COc1ccccc1C(C)CC(=O)NC(CC(C)C)C(=O)O. The number of amides is 1. The van der Waals surface area contributed by atoms with Crippen LogP contribution in [0.4, 0.5) is 0 Å². The third kappa shape index (κ3) is 5.39. The molecule has 2 atom stereocenters. The molecule has 0 saturated heterocycles. The van der Waals surface area contributed by atoms with Gasteiger partial charge >= 0.3 is 5.97 Å². The molecule has 0 saturated carbocycles. The summed E-state index contributed by atoms with van der Waals surface area (Å²) in [4.78, 5) is 23.3. The number of ether oxygens (including phenoxy) is 1. The molecular formula is C17H25NO4. The minimum atomic E-state index is -0.994. The summed E-state index contributed by atoms with van der Waals surface area (Å²) in [5, 5.41) is 11.8. The fourth-order valence-corrected chi connectivity index (χ4v) is 2.41. The van der Waals surface area contributed by atoms with Gasteiger partial charge in [-0.05, 0) is 29.9 Å². The van der Waals surface area contributed by atoms with Crippen LogP contribution in [0.1, 0.15) is 45.1 Å². The van der Waals surface area contributed by atoms with E-state index in [2.05, 4.69) is 5.32 Å². The van der Waals surface area contributed by atoms with Crippen LogP contribution in [0.3, 0.4) is 0 Å². The molecule has 0 aliphatic carbocycles. The van der Waals surface area contributed by atoms with E-state index >= 15 is 0 Å². The molecule has 0 spiro atoms. The predicted octanol–water partition coefficient (Wildman–Crippen LogP) is 2.80. The van der Waals surface area contributed by atoms with Gasteiger partial charge in [0.05, 0.1) is 7.11 Å². The molecule has 1 aromatic rings. The molecule has 5 nitrogen and oxygen atoms in total. The first kappa shape index (κ1) is 18.0. The highest BCUT2D eigenvalue weighted by atomic mass is 16.5. The molecule has 0 aliphatic rings. The van der Waals surface area contributed by atoms with Crippen molar-refractivity contribution in [3.05, 3.63) is 29.8 Å². The van der Waals surface area contributed by atoms with Crippen LogP contribution in [0.15, 0.2) is 24.3 Å². The average molecular weight is 307 g/mol. The molecule has 5 heteroatoms. The van der Waals surface area contributed by atoms with E-state index in [4.69, 9.17) is 9.84 Å². The van der Waals surface area contributed by atoms with E-state index in [0.717, 1.165) is 11.3 Å². The first-order valence-corrected chi connectivity index (χ1v) is 7.50. The number of para-hydroxylation sites is 1. The van der Waals surface area contributed by atoms with Crippen LogP contribution in [0.25, 0.3) is 0 Å². The average Bonchev–Trinajstić information content (AvgIpc) is 2.45. The minimum Gasteiger partial charge on any atom is -0.496 e. The number of nitrogens with one attached hydrogen (secondary N) is 1. The van der Waals surface area contributed by atoms with Gasteiger partial charge in [0.15, 0.2) is 0 Å². The summed E-state index contributed by atoms with van der Waals surface area (Å²) >= 11 is 0. The Hall–Kier alpha value is -2.04. The van der Waals surface area contributed by atoms with Crippen molar-refractivity contribution in [3.8, 4) is 5.75 Å². The lowest BCUT2D eigenvalue weighted by Gasteiger charge is -2.19. The van der Waals surface area contributed by atoms with Crippen LogP contribution >= 0.6 is 0 Å². The molecule has 1 aromatic carbocycles. The zero-order valence-electron chi connectivity index (χ0n) is 13.6. The second-order valence-corrected chi connectivity index (χ2v) is 5.94. The third-order valence-electron chi connectivity index (χ3n) is 3.50. The lowest BCUT2D eigenvalue weighted by Crippen LogP contribution is -2.41. The lowest BCUT2D eigenvalue weighted by atomic mass is 9.96. The highest BCUT2D eigenvalue weighted by Gasteiger charge is 2.22. The summed E-state index contributed by atoms with van der Waals surface area (Å²) in [5.41, 5.74) is 0.941. The van der Waals surface area contributed by atoms with E-state index in [1.807, 2.05) is 45.0 Å². The van der Waals surface area contributed by atoms with E-state index in [-0.39, 0.29) is 24.2 Å². The predicted molar refractivity (Wildman–Crippen MR) is 85.0 cm³/mol. The molecule has 0 aliphatic heterocycles. The molecule has 2 unspecified atom stereocenters. The number of aliphatic carboxylic acids is 1. The largest absolute Gasteiger partial charge is 0.496 e. The molecular weight excluding hydrogens is 282 g/mol. The topological polar surface area (TPSA) is 75.6 Å². The monoisotopic (exact) mass is 307 g/mol. The van der Waals surface area contributed by atoms with Crippen LogP contribution in [0, 0.1) is 5.92 Å². The van der Waals surface area contributed by atoms with Crippen molar-refractivity contribution >= 4 is 11.9 Å². The van der Waals surface area contributed by atoms with Gasteiger partial charge in [-0.2, -0.15) is 0 Å². The molecule has 22 heavy (non-hydrogen) atoms. The number of rotatable bonds is 8. The highest BCUT2D eigenvalue weighted by Crippen LogP contribution is 2.28. The molecule has 0 radical (unpaired) electrons. The van der Waals surface area contributed by atoms with E-state index in [1.165, 1.54) is 0 Å². The number of methoxy groups -OCH3 is 1. The van der Waals surface area contributed by atoms with Crippen molar-refractivity contribution in [1.82, 2.24) is 5.32 Å². The summed E-state index contributed by atoms with van der Waals surface area (Å²) in [6.07, 6.45) is 0.645. The van der Waals surface area contributed by atoms with E-state index in [0.29, 0.717) is 6.42 Å². The van der Waals surface area contributed by atoms with Crippen LogP contribution < -0.4 is 10.1 Å². The molecule has 1 rings (SSSR count). The van der Waals surface area contributed by atoms with Gasteiger partial charge in [-0.15, -0.1) is 0 Å². The number of carbonyl (C=O) groups is 2. The Morgan fingerprint density at radius 3 is 2.41 bits per heavy atom. The van der Waals surface area contributed by atoms with Gasteiger partial charge in [-0.3, -0.25) is 4.79 Å². The van der Waals surface area contributed by atoms with Crippen molar-refractivity contribution < 1.29 is 19.4 Å². The Morgan fingerprint density at radius 1 is 1.23 bits per heavy atom. The smallest absolute Gasteiger partial charge is 0.326 e.